The normalized spacial score (nSPS) is 19.0. The van der Waals surface area contributed by atoms with E-state index in [-0.39, 0.29) is 11.9 Å². The van der Waals surface area contributed by atoms with Crippen molar-refractivity contribution in [2.75, 3.05) is 13.1 Å². The Bertz CT molecular complexity index is 682. The van der Waals surface area contributed by atoms with E-state index in [2.05, 4.69) is 28.4 Å². The Morgan fingerprint density at radius 1 is 1.36 bits per heavy atom. The van der Waals surface area contributed by atoms with E-state index < -0.39 is 0 Å². The molecule has 0 bridgehead atoms. The van der Waals surface area contributed by atoms with Crippen LogP contribution in [-0.4, -0.2) is 39.7 Å². The van der Waals surface area contributed by atoms with E-state index >= 15 is 0 Å². The van der Waals surface area contributed by atoms with Crippen LogP contribution >= 0.6 is 0 Å². The number of aryl methyl sites for hydroxylation is 1. The highest BCUT2D eigenvalue weighted by Crippen LogP contribution is 2.19. The molecule has 1 fully saturated rings. The summed E-state index contributed by atoms with van der Waals surface area (Å²) in [6, 6.07) is 10.6. The third-order valence-electron chi connectivity index (χ3n) is 4.96. The van der Waals surface area contributed by atoms with Gasteiger partial charge in [0.25, 0.3) is 0 Å². The second kappa shape index (κ2) is 8.30. The van der Waals surface area contributed by atoms with Crippen LogP contribution in [-0.2, 0) is 11.3 Å². The molecule has 1 N–H and O–H groups in total. The van der Waals surface area contributed by atoms with Crippen LogP contribution < -0.4 is 5.32 Å². The molecular formula is C20H28N4O. The smallest absolute Gasteiger partial charge is 0.221 e. The highest BCUT2D eigenvalue weighted by atomic mass is 16.1. The number of aromatic nitrogens is 2. The molecule has 1 aliphatic rings. The van der Waals surface area contributed by atoms with Gasteiger partial charge in [0, 0.05) is 25.2 Å². The highest BCUT2D eigenvalue weighted by Gasteiger charge is 2.25. The van der Waals surface area contributed by atoms with Gasteiger partial charge in [-0.15, -0.1) is 0 Å². The molecule has 2 heterocycles. The summed E-state index contributed by atoms with van der Waals surface area (Å²) >= 11 is 0. The number of amides is 1. The molecule has 1 aliphatic heterocycles. The summed E-state index contributed by atoms with van der Waals surface area (Å²) in [4.78, 5) is 14.7. The predicted octanol–water partition coefficient (Wildman–Crippen LogP) is 2.92. The fraction of sp³-hybridized carbons (Fsp3) is 0.500. The Balaban J connectivity index is 1.46. The van der Waals surface area contributed by atoms with Crippen LogP contribution in [0.3, 0.4) is 0 Å². The second-order valence-electron chi connectivity index (χ2n) is 7.02. The molecule has 1 aromatic heterocycles. The van der Waals surface area contributed by atoms with Gasteiger partial charge in [-0.25, -0.2) is 0 Å². The van der Waals surface area contributed by atoms with Gasteiger partial charge >= 0.3 is 0 Å². The highest BCUT2D eigenvalue weighted by molar-refractivity contribution is 5.76. The van der Waals surface area contributed by atoms with Gasteiger partial charge in [-0.1, -0.05) is 30.3 Å². The maximum Gasteiger partial charge on any atom is 0.221 e. The molecule has 0 radical (unpaired) electrons. The molecule has 3 rings (SSSR count). The molecule has 1 amide bonds. The number of nitrogens with zero attached hydrogens (tertiary/aromatic N) is 3. The number of hydrogen-bond acceptors (Lipinski definition) is 3. The number of rotatable bonds is 7. The van der Waals surface area contributed by atoms with Crippen molar-refractivity contribution in [3.63, 3.8) is 0 Å². The fourth-order valence-electron chi connectivity index (χ4n) is 3.56. The van der Waals surface area contributed by atoms with E-state index in [9.17, 15) is 4.79 Å². The molecule has 1 saturated heterocycles. The zero-order chi connectivity index (χ0) is 17.6. The Kier molecular flexibility index (Phi) is 5.87. The van der Waals surface area contributed by atoms with Crippen molar-refractivity contribution in [1.29, 1.82) is 0 Å². The van der Waals surface area contributed by atoms with Gasteiger partial charge in [0.2, 0.25) is 5.91 Å². The number of benzene rings is 1. The van der Waals surface area contributed by atoms with E-state index in [0.29, 0.717) is 12.5 Å². The molecule has 0 aliphatic carbocycles. The Morgan fingerprint density at radius 2 is 2.16 bits per heavy atom. The van der Waals surface area contributed by atoms with E-state index in [1.54, 1.807) is 0 Å². The van der Waals surface area contributed by atoms with Crippen molar-refractivity contribution in [2.24, 2.45) is 0 Å². The number of nitrogens with one attached hydrogen (secondary N) is 1. The van der Waals surface area contributed by atoms with E-state index in [1.807, 2.05) is 48.1 Å². The Morgan fingerprint density at radius 3 is 2.88 bits per heavy atom. The van der Waals surface area contributed by atoms with Crippen LogP contribution in [0.15, 0.2) is 42.7 Å². The number of carbonyl (C=O) groups is 1. The number of hydrogen-bond donors (Lipinski definition) is 1. The lowest BCUT2D eigenvalue weighted by Crippen LogP contribution is -2.37. The van der Waals surface area contributed by atoms with Crippen LogP contribution in [0.4, 0.5) is 0 Å². The van der Waals surface area contributed by atoms with Crippen LogP contribution in [0.1, 0.15) is 43.4 Å². The Labute approximate surface area is 150 Å². The van der Waals surface area contributed by atoms with Gasteiger partial charge in [0.15, 0.2) is 0 Å². The zero-order valence-electron chi connectivity index (χ0n) is 15.2. The zero-order valence-corrected chi connectivity index (χ0v) is 15.2. The average molecular weight is 340 g/mol. The minimum atomic E-state index is 0.0510. The first-order valence-electron chi connectivity index (χ1n) is 9.19. The van der Waals surface area contributed by atoms with Gasteiger partial charge in [-0.05, 0) is 44.4 Å². The van der Waals surface area contributed by atoms with Crippen LogP contribution in [0, 0.1) is 6.92 Å². The molecule has 2 atom stereocenters. The minimum Gasteiger partial charge on any atom is -0.350 e. The van der Waals surface area contributed by atoms with E-state index in [0.717, 1.165) is 25.2 Å². The van der Waals surface area contributed by atoms with Crippen LogP contribution in [0.25, 0.3) is 0 Å². The lowest BCUT2D eigenvalue weighted by molar-refractivity contribution is -0.122. The molecule has 0 spiro atoms. The average Bonchev–Trinajstić information content (AvgIpc) is 3.23. The summed E-state index contributed by atoms with van der Waals surface area (Å²) in [5.74, 6) is 0.122. The number of carbonyl (C=O) groups excluding carboxylic acids is 1. The molecule has 25 heavy (non-hydrogen) atoms. The van der Waals surface area contributed by atoms with E-state index in [1.165, 1.54) is 18.4 Å². The Hall–Kier alpha value is -2.14. The molecule has 5 heteroatoms. The summed E-state index contributed by atoms with van der Waals surface area (Å²) < 4.78 is 2.02. The van der Waals surface area contributed by atoms with Crippen molar-refractivity contribution >= 4 is 5.91 Å². The molecule has 1 aromatic carbocycles. The molecular weight excluding hydrogens is 312 g/mol. The maximum atomic E-state index is 12.3. The van der Waals surface area contributed by atoms with Crippen molar-refractivity contribution in [2.45, 2.75) is 51.7 Å². The van der Waals surface area contributed by atoms with Crippen molar-refractivity contribution in [3.8, 4) is 0 Å². The van der Waals surface area contributed by atoms with Gasteiger partial charge < -0.3 is 5.32 Å². The van der Waals surface area contributed by atoms with Gasteiger partial charge in [0.05, 0.1) is 18.8 Å². The summed E-state index contributed by atoms with van der Waals surface area (Å²) in [5.41, 5.74) is 2.34. The second-order valence-corrected chi connectivity index (χ2v) is 7.02. The third kappa shape index (κ3) is 4.92. The first-order valence-corrected chi connectivity index (χ1v) is 9.19. The lowest BCUT2D eigenvalue weighted by Gasteiger charge is -2.24. The summed E-state index contributed by atoms with van der Waals surface area (Å²) in [5, 5.41) is 7.50. The van der Waals surface area contributed by atoms with Crippen LogP contribution in [0.5, 0.6) is 0 Å². The fourth-order valence-corrected chi connectivity index (χ4v) is 3.56. The summed E-state index contributed by atoms with van der Waals surface area (Å²) in [7, 11) is 0. The standard InChI is InChI=1S/C20H28N4O/c1-16-13-21-24(14-16)15-19-9-6-11-23(19)12-10-20(25)22-17(2)18-7-4-3-5-8-18/h3-5,7-8,13-14,17,19H,6,9-12,15H2,1-2H3,(H,22,25)/t17-,19-/m0/s1. The molecule has 0 unspecified atom stereocenters. The van der Waals surface area contributed by atoms with Gasteiger partial charge in [-0.2, -0.15) is 5.10 Å². The van der Waals surface area contributed by atoms with Crippen molar-refractivity contribution < 1.29 is 4.79 Å². The monoisotopic (exact) mass is 340 g/mol. The first kappa shape index (κ1) is 17.7. The van der Waals surface area contributed by atoms with Crippen LogP contribution in [0.2, 0.25) is 0 Å². The molecule has 2 aromatic rings. The first-order chi connectivity index (χ1) is 12.1. The lowest BCUT2D eigenvalue weighted by atomic mass is 10.1. The van der Waals surface area contributed by atoms with Crippen molar-refractivity contribution in [1.82, 2.24) is 20.0 Å². The summed E-state index contributed by atoms with van der Waals surface area (Å²) in [6.07, 6.45) is 6.92. The molecule has 0 saturated carbocycles. The molecule has 5 nitrogen and oxygen atoms in total. The number of likely N-dealkylation sites (tertiary alicyclic amines) is 1. The maximum absolute atomic E-state index is 12.3. The predicted molar refractivity (Wildman–Crippen MR) is 99.2 cm³/mol. The minimum absolute atomic E-state index is 0.0510. The largest absolute Gasteiger partial charge is 0.350 e. The quantitative estimate of drug-likeness (QED) is 0.843. The van der Waals surface area contributed by atoms with Gasteiger partial charge in [-0.3, -0.25) is 14.4 Å². The topological polar surface area (TPSA) is 50.2 Å². The van der Waals surface area contributed by atoms with Gasteiger partial charge in [0.1, 0.15) is 0 Å². The van der Waals surface area contributed by atoms with E-state index in [4.69, 9.17) is 0 Å². The van der Waals surface area contributed by atoms with Crippen molar-refractivity contribution in [3.05, 3.63) is 53.9 Å². The molecule has 134 valence electrons. The SMILES string of the molecule is Cc1cnn(C[C@@H]2CCCN2CCC(=O)N[C@@H](C)c2ccccc2)c1. The summed E-state index contributed by atoms with van der Waals surface area (Å²) in [6.45, 7) is 6.90. The third-order valence-corrected chi connectivity index (χ3v) is 4.96.